The molecule has 9 aliphatic rings. The van der Waals surface area contributed by atoms with Crippen molar-refractivity contribution in [1.82, 2.24) is 17.9 Å². The molecule has 7 aromatic heterocycles. The highest BCUT2D eigenvalue weighted by Gasteiger charge is 2.53. The van der Waals surface area contributed by atoms with E-state index >= 15 is 9.59 Å². The van der Waals surface area contributed by atoms with Gasteiger partial charge in [-0.2, -0.15) is 0 Å². The van der Waals surface area contributed by atoms with Gasteiger partial charge in [0.15, 0.2) is 23.1 Å². The smallest absolute Gasteiger partial charge is 0.166 e. The summed E-state index contributed by atoms with van der Waals surface area (Å²) in [5.74, 6) is 2.01. The number of benzene rings is 11. The van der Waals surface area contributed by atoms with Crippen molar-refractivity contribution in [2.75, 3.05) is 0 Å². The van der Waals surface area contributed by atoms with E-state index in [0.717, 1.165) is 211 Å². The topological polar surface area (TPSA) is 100 Å². The van der Waals surface area contributed by atoms with E-state index in [0.29, 0.717) is 31.1 Å². The second-order valence-corrected chi connectivity index (χ2v) is 35.4. The Labute approximate surface area is 635 Å². The molecular formula is C101H84N4O5. The van der Waals surface area contributed by atoms with Crippen LogP contribution in [0.4, 0.5) is 0 Å². The van der Waals surface area contributed by atoms with Crippen LogP contribution in [0, 0.1) is 17.8 Å². The minimum Gasteiger partial charge on any atom is -0.456 e. The molecule has 8 heterocycles. The molecule has 0 N–H and O–H groups in total. The quantitative estimate of drug-likeness (QED) is 0.148. The molecule has 0 radical (unpaired) electrons. The first-order valence-corrected chi connectivity index (χ1v) is 41.6. The third-order valence-corrected chi connectivity index (χ3v) is 30.0. The highest BCUT2D eigenvalue weighted by Crippen LogP contribution is 2.62. The molecule has 8 aliphatic carbocycles. The Hall–Kier alpha value is -10.9. The Morgan fingerprint density at radius 2 is 1.04 bits per heavy atom. The highest BCUT2D eigenvalue weighted by molar-refractivity contribution is 6.38. The lowest BCUT2D eigenvalue weighted by Gasteiger charge is -2.47. The van der Waals surface area contributed by atoms with Crippen LogP contribution in [0.25, 0.3) is 153 Å². The van der Waals surface area contributed by atoms with E-state index in [9.17, 15) is 9.59 Å². The number of para-hydroxylation sites is 4. The third-order valence-electron chi connectivity index (χ3n) is 30.0. The number of carbonyl (C=O) groups is 4. The van der Waals surface area contributed by atoms with Crippen molar-refractivity contribution >= 4 is 165 Å². The fourth-order valence-corrected chi connectivity index (χ4v) is 25.3. The van der Waals surface area contributed by atoms with Crippen molar-refractivity contribution in [2.24, 2.45) is 17.8 Å². The molecule has 2 fully saturated rings. The molecule has 0 amide bonds. The van der Waals surface area contributed by atoms with Crippen LogP contribution in [-0.4, -0.2) is 41.1 Å². The summed E-state index contributed by atoms with van der Waals surface area (Å²) >= 11 is 0. The predicted molar refractivity (Wildman–Crippen MR) is 447 cm³/mol. The summed E-state index contributed by atoms with van der Waals surface area (Å²) in [6, 6.07) is 62.0. The number of hydrogen-bond acceptors (Lipinski definition) is 5. The minimum absolute atomic E-state index is 0.0131. The molecule has 18 aromatic rings. The van der Waals surface area contributed by atoms with Gasteiger partial charge >= 0.3 is 0 Å². The molecule has 110 heavy (non-hydrogen) atoms. The Kier molecular flexibility index (Phi) is 12.6. The fraction of sp³-hybridized carbons (Fsp3) is 0.307. The van der Waals surface area contributed by atoms with Gasteiger partial charge in [0.25, 0.3) is 0 Å². The lowest BCUT2D eigenvalue weighted by atomic mass is 9.56. The van der Waals surface area contributed by atoms with Gasteiger partial charge < -0.3 is 22.4 Å². The van der Waals surface area contributed by atoms with Gasteiger partial charge in [0.05, 0.1) is 60.9 Å². The standard InChI is InChI=1S/C101H84N4O5/c1-6-15-52-17-12-26-87(106)70-44-84-76(41-65(52)70)93-91-64-23-14-22-59-51(5)58-21-13-20-57(50(3)4)95(58)105(96(59)64)86(91)46-72-69-43-79-75(48-83(69)104(84)97(72)93)100(109)55-35-37-101(79,38-36-55)78-33-34-88(107)71-45-85-77(42-67(71)60(78)16-7-2)94-92-63-32-31-56(102-80-24-10-8-18-61(80)62-19-9-11-25-81(62)102)39-89(63)110-90(92)49-73-68-40-66-53-27-29-54(30-28-53)99(108)74(66)47-82(68)103(85)98(73)94/h8-11,13-14,18-25,31-32,39-55,60,78H,6-7,12,15-17,26-30,33-38H2,1-5H3. The van der Waals surface area contributed by atoms with Gasteiger partial charge in [-0.15, -0.1) is 0 Å². The number of ketones is 4. The maximum Gasteiger partial charge on any atom is 0.166 e. The summed E-state index contributed by atoms with van der Waals surface area (Å²) in [4.78, 5) is 61.8. The van der Waals surface area contributed by atoms with Crippen molar-refractivity contribution < 1.29 is 23.6 Å². The second kappa shape index (κ2) is 22.0. The first-order chi connectivity index (χ1) is 53.9. The van der Waals surface area contributed by atoms with Gasteiger partial charge in [0, 0.05) is 140 Å². The molecule has 11 aromatic carbocycles. The normalized spacial score (nSPS) is 22.7. The molecule has 0 spiro atoms. The lowest BCUT2D eigenvalue weighted by molar-refractivity contribution is 0.0837. The SMILES string of the molecule is CCCC1CCCC(=O)c2cc3c(cc21)c1c2c4cccc5c4n(c2cc2c4cc6c(cc4n3c21)C(=O)C1CCC6(C2CCC(=O)c3cc4c(cc3C2CCC)c2c3c(cc6c7cc8c(cc7n4c62)C(=O)C2CCC8CC2)oc2cc(-n4c6ccccc6c6ccccc64)ccc23)CC1)-c1c(C(C)C)cccc1C5C. The summed E-state index contributed by atoms with van der Waals surface area (Å²) in [6.45, 7) is 11.7. The van der Waals surface area contributed by atoms with Crippen LogP contribution in [0.15, 0.2) is 168 Å². The largest absolute Gasteiger partial charge is 0.456 e. The van der Waals surface area contributed by atoms with Gasteiger partial charge in [-0.05, 0) is 242 Å². The number of nitrogens with zero attached hydrogens (tertiary/aromatic N) is 4. The van der Waals surface area contributed by atoms with E-state index < -0.39 is 5.41 Å². The maximum atomic E-state index is 16.1. The number of Topliss-reactive ketones (excluding diaryl/α,β-unsaturated/α-hetero) is 4. The van der Waals surface area contributed by atoms with Crippen LogP contribution < -0.4 is 0 Å². The van der Waals surface area contributed by atoms with E-state index in [-0.39, 0.29) is 58.6 Å². The maximum absolute atomic E-state index is 16.1. The van der Waals surface area contributed by atoms with Crippen molar-refractivity contribution in [2.45, 2.75) is 179 Å². The van der Waals surface area contributed by atoms with Gasteiger partial charge in [0.2, 0.25) is 0 Å². The second-order valence-electron chi connectivity index (χ2n) is 35.4. The van der Waals surface area contributed by atoms with Crippen molar-refractivity contribution in [1.29, 1.82) is 0 Å². The molecule has 9 nitrogen and oxygen atoms in total. The van der Waals surface area contributed by atoms with Crippen LogP contribution >= 0.6 is 0 Å². The predicted octanol–water partition coefficient (Wildman–Crippen LogP) is 26.2. The summed E-state index contributed by atoms with van der Waals surface area (Å²) in [5.41, 5.74) is 26.8. The van der Waals surface area contributed by atoms with Gasteiger partial charge in [-0.25, -0.2) is 0 Å². The molecule has 9 heteroatoms. The van der Waals surface area contributed by atoms with Crippen LogP contribution in [0.2, 0.25) is 0 Å². The van der Waals surface area contributed by atoms with Gasteiger partial charge in [-0.1, -0.05) is 120 Å². The fourth-order valence-electron chi connectivity index (χ4n) is 25.3. The molecule has 4 atom stereocenters. The van der Waals surface area contributed by atoms with E-state index in [1.807, 2.05) is 0 Å². The minimum atomic E-state index is -0.437. The van der Waals surface area contributed by atoms with E-state index in [2.05, 4.69) is 216 Å². The average Bonchev–Trinajstić information content (AvgIpc) is 1.52. The van der Waals surface area contributed by atoms with Gasteiger partial charge in [0.1, 0.15) is 11.2 Å². The summed E-state index contributed by atoms with van der Waals surface area (Å²) < 4.78 is 17.3. The van der Waals surface area contributed by atoms with Crippen LogP contribution in [0.5, 0.6) is 0 Å². The highest BCUT2D eigenvalue weighted by atomic mass is 16.3. The number of furan rings is 1. The first-order valence-electron chi connectivity index (χ1n) is 41.6. The number of fused-ring (bicyclic) bond motifs is 31. The Morgan fingerprint density at radius 1 is 0.427 bits per heavy atom. The molecule has 0 saturated heterocycles. The zero-order valence-corrected chi connectivity index (χ0v) is 63.1. The molecule has 4 unspecified atom stereocenters. The van der Waals surface area contributed by atoms with E-state index in [1.165, 1.54) is 93.3 Å². The Balaban J connectivity index is 0.743. The third kappa shape index (κ3) is 7.80. The van der Waals surface area contributed by atoms with Crippen LogP contribution in [0.3, 0.4) is 0 Å². The monoisotopic (exact) mass is 1430 g/mol. The number of aromatic nitrogens is 4. The molecule has 1 aliphatic heterocycles. The van der Waals surface area contributed by atoms with Crippen LogP contribution in [0.1, 0.15) is 254 Å². The van der Waals surface area contributed by atoms with E-state index in [4.69, 9.17) is 4.42 Å². The Bertz CT molecular complexity index is 7250. The molecule has 538 valence electrons. The van der Waals surface area contributed by atoms with Crippen molar-refractivity contribution in [3.8, 4) is 11.4 Å². The zero-order valence-electron chi connectivity index (χ0n) is 63.1. The summed E-state index contributed by atoms with van der Waals surface area (Å²) in [7, 11) is 0. The number of carbonyl (C=O) groups excluding carboxylic acids is 4. The van der Waals surface area contributed by atoms with Gasteiger partial charge in [-0.3, -0.25) is 19.2 Å². The number of rotatable bonds is 7. The van der Waals surface area contributed by atoms with E-state index in [1.54, 1.807) is 0 Å². The molecule has 2 saturated carbocycles. The zero-order chi connectivity index (χ0) is 73.1. The average molecular weight is 1430 g/mol. The molecule has 4 bridgehead atoms. The molecular weight excluding hydrogens is 1350 g/mol. The Morgan fingerprint density at radius 3 is 1.78 bits per heavy atom. The van der Waals surface area contributed by atoms with Crippen LogP contribution in [-0.2, 0) is 5.41 Å². The number of hydrogen-bond donors (Lipinski definition) is 0. The summed E-state index contributed by atoms with van der Waals surface area (Å²) in [6.07, 6.45) is 14.7. The first kappa shape index (κ1) is 62.9. The van der Waals surface area contributed by atoms with Crippen molar-refractivity contribution in [3.05, 3.63) is 225 Å². The molecule has 27 rings (SSSR count). The lowest BCUT2D eigenvalue weighted by Crippen LogP contribution is -2.41. The van der Waals surface area contributed by atoms with Crippen molar-refractivity contribution in [3.63, 3.8) is 0 Å². The summed E-state index contributed by atoms with van der Waals surface area (Å²) in [5, 5.41) is 16.3.